The van der Waals surface area contributed by atoms with Gasteiger partial charge < -0.3 is 15.4 Å². The van der Waals surface area contributed by atoms with Gasteiger partial charge in [-0.25, -0.2) is 4.39 Å². The predicted octanol–water partition coefficient (Wildman–Crippen LogP) is 5.11. The third kappa shape index (κ3) is 6.10. The number of halogens is 1. The highest BCUT2D eigenvalue weighted by Gasteiger charge is 2.29. The van der Waals surface area contributed by atoms with Crippen LogP contribution in [-0.4, -0.2) is 31.6 Å². The molecule has 1 aliphatic heterocycles. The van der Waals surface area contributed by atoms with Crippen LogP contribution in [0.4, 0.5) is 4.39 Å². The molecular weight excluding hydrogens is 403 g/mol. The summed E-state index contributed by atoms with van der Waals surface area (Å²) in [6.45, 7) is 4.40. The summed E-state index contributed by atoms with van der Waals surface area (Å²) >= 11 is 0. The van der Waals surface area contributed by atoms with Gasteiger partial charge in [-0.05, 0) is 111 Å². The van der Waals surface area contributed by atoms with Gasteiger partial charge in [-0.3, -0.25) is 4.79 Å². The Hall–Kier alpha value is -2.40. The van der Waals surface area contributed by atoms with E-state index in [1.54, 1.807) is 12.1 Å². The van der Waals surface area contributed by atoms with Crippen LogP contribution in [0.15, 0.2) is 42.5 Å². The molecule has 0 spiro atoms. The standard InChI is InChI=1S/C27H35FN2O2/c1-19(31)30-16-13-22-7-10-26(18-27(22)23-3-2-4-24(28)17-23)32-25-8-5-20(6-9-25)21-11-14-29-15-12-21/h2-4,7,10,17-18,20-21,25,29H,5-6,8-9,11-16H2,1H3,(H,30,31). The fourth-order valence-electron chi connectivity index (χ4n) is 5.33. The van der Waals surface area contributed by atoms with Gasteiger partial charge in [0.05, 0.1) is 6.10 Å². The molecule has 1 heterocycles. The van der Waals surface area contributed by atoms with Crippen LogP contribution >= 0.6 is 0 Å². The third-order valence-electron chi connectivity index (χ3n) is 7.06. The van der Waals surface area contributed by atoms with Crippen LogP contribution in [0.1, 0.15) is 51.0 Å². The lowest BCUT2D eigenvalue weighted by Crippen LogP contribution is -2.34. The Morgan fingerprint density at radius 3 is 2.50 bits per heavy atom. The van der Waals surface area contributed by atoms with Crippen molar-refractivity contribution in [2.75, 3.05) is 19.6 Å². The van der Waals surface area contributed by atoms with Gasteiger partial charge in [0.25, 0.3) is 0 Å². The van der Waals surface area contributed by atoms with E-state index in [0.29, 0.717) is 13.0 Å². The molecule has 2 aromatic rings. The molecule has 0 radical (unpaired) electrons. The maximum Gasteiger partial charge on any atom is 0.216 e. The van der Waals surface area contributed by atoms with Crippen molar-refractivity contribution in [1.29, 1.82) is 0 Å². The number of hydrogen-bond donors (Lipinski definition) is 2. The molecule has 1 saturated carbocycles. The van der Waals surface area contributed by atoms with Crippen LogP contribution in [0.5, 0.6) is 5.75 Å². The molecule has 4 rings (SSSR count). The summed E-state index contributed by atoms with van der Waals surface area (Å²) in [5, 5.41) is 6.32. The molecule has 0 aromatic heterocycles. The van der Waals surface area contributed by atoms with E-state index in [1.165, 1.54) is 38.7 Å². The first kappa shape index (κ1) is 22.8. The quantitative estimate of drug-likeness (QED) is 0.632. The van der Waals surface area contributed by atoms with Gasteiger partial charge in [0.2, 0.25) is 5.91 Å². The van der Waals surface area contributed by atoms with Gasteiger partial charge in [-0.2, -0.15) is 0 Å². The minimum atomic E-state index is -0.252. The first-order valence-corrected chi connectivity index (χ1v) is 12.1. The number of amides is 1. The van der Waals surface area contributed by atoms with Crippen molar-refractivity contribution in [3.63, 3.8) is 0 Å². The molecule has 2 aromatic carbocycles. The average molecular weight is 439 g/mol. The van der Waals surface area contributed by atoms with Crippen molar-refractivity contribution < 1.29 is 13.9 Å². The summed E-state index contributed by atoms with van der Waals surface area (Å²) in [7, 11) is 0. The topological polar surface area (TPSA) is 50.4 Å². The zero-order valence-electron chi connectivity index (χ0n) is 19.0. The minimum absolute atomic E-state index is 0.0441. The average Bonchev–Trinajstić information content (AvgIpc) is 2.81. The van der Waals surface area contributed by atoms with Gasteiger partial charge in [-0.15, -0.1) is 0 Å². The van der Waals surface area contributed by atoms with Crippen LogP contribution in [0.3, 0.4) is 0 Å². The van der Waals surface area contributed by atoms with Crippen molar-refractivity contribution in [3.8, 4) is 16.9 Å². The normalized spacial score (nSPS) is 21.8. The van der Waals surface area contributed by atoms with Gasteiger partial charge in [0, 0.05) is 13.5 Å². The summed E-state index contributed by atoms with van der Waals surface area (Å²) in [6.07, 6.45) is 8.27. The zero-order chi connectivity index (χ0) is 22.3. The van der Waals surface area contributed by atoms with E-state index in [1.807, 2.05) is 18.2 Å². The first-order chi connectivity index (χ1) is 15.6. The van der Waals surface area contributed by atoms with Crippen LogP contribution in [0.2, 0.25) is 0 Å². The summed E-state index contributed by atoms with van der Waals surface area (Å²) in [5.74, 6) is 2.27. The van der Waals surface area contributed by atoms with E-state index in [0.717, 1.165) is 60.2 Å². The minimum Gasteiger partial charge on any atom is -0.490 e. The van der Waals surface area contributed by atoms with Gasteiger partial charge in [0.1, 0.15) is 11.6 Å². The van der Waals surface area contributed by atoms with E-state index in [2.05, 4.69) is 16.7 Å². The maximum atomic E-state index is 13.9. The van der Waals surface area contributed by atoms with E-state index < -0.39 is 0 Å². The van der Waals surface area contributed by atoms with E-state index in [9.17, 15) is 9.18 Å². The largest absolute Gasteiger partial charge is 0.490 e. The number of benzene rings is 2. The lowest BCUT2D eigenvalue weighted by Gasteiger charge is -2.36. The molecule has 1 aliphatic carbocycles. The lowest BCUT2D eigenvalue weighted by atomic mass is 9.75. The van der Waals surface area contributed by atoms with Crippen molar-refractivity contribution in [2.45, 2.75) is 58.0 Å². The van der Waals surface area contributed by atoms with Crippen LogP contribution in [0.25, 0.3) is 11.1 Å². The highest BCUT2D eigenvalue weighted by molar-refractivity contribution is 5.73. The van der Waals surface area contributed by atoms with E-state index in [-0.39, 0.29) is 17.8 Å². The van der Waals surface area contributed by atoms with E-state index in [4.69, 9.17) is 4.74 Å². The Labute approximate surface area is 190 Å². The smallest absolute Gasteiger partial charge is 0.216 e. The molecule has 2 N–H and O–H groups in total. The summed E-state index contributed by atoms with van der Waals surface area (Å²) < 4.78 is 20.3. The number of ether oxygens (including phenoxy) is 1. The SMILES string of the molecule is CC(=O)NCCc1ccc(OC2CCC(C3CCNCC3)CC2)cc1-c1cccc(F)c1. The summed E-state index contributed by atoms with van der Waals surface area (Å²) in [5.41, 5.74) is 2.88. The zero-order valence-corrected chi connectivity index (χ0v) is 19.0. The predicted molar refractivity (Wildman–Crippen MR) is 126 cm³/mol. The number of hydrogen-bond acceptors (Lipinski definition) is 3. The summed E-state index contributed by atoms with van der Waals surface area (Å²) in [4.78, 5) is 11.2. The molecule has 4 nitrogen and oxygen atoms in total. The fourth-order valence-corrected chi connectivity index (χ4v) is 5.33. The number of nitrogens with one attached hydrogen (secondary N) is 2. The van der Waals surface area contributed by atoms with Crippen molar-refractivity contribution in [2.24, 2.45) is 11.8 Å². The molecule has 5 heteroatoms. The summed E-state index contributed by atoms with van der Waals surface area (Å²) in [6, 6.07) is 12.8. The van der Waals surface area contributed by atoms with Crippen molar-refractivity contribution in [3.05, 3.63) is 53.8 Å². The van der Waals surface area contributed by atoms with Gasteiger partial charge in [0.15, 0.2) is 0 Å². The van der Waals surface area contributed by atoms with Crippen LogP contribution < -0.4 is 15.4 Å². The Morgan fingerprint density at radius 1 is 1.03 bits per heavy atom. The highest BCUT2D eigenvalue weighted by Crippen LogP contribution is 2.37. The lowest BCUT2D eigenvalue weighted by molar-refractivity contribution is -0.118. The van der Waals surface area contributed by atoms with Crippen molar-refractivity contribution in [1.82, 2.24) is 10.6 Å². The molecule has 32 heavy (non-hydrogen) atoms. The van der Waals surface area contributed by atoms with Crippen LogP contribution in [0, 0.1) is 17.7 Å². The molecule has 172 valence electrons. The number of carbonyl (C=O) groups excluding carboxylic acids is 1. The van der Waals surface area contributed by atoms with Crippen molar-refractivity contribution >= 4 is 5.91 Å². The third-order valence-corrected chi connectivity index (χ3v) is 7.06. The maximum absolute atomic E-state index is 13.9. The Bertz CT molecular complexity index is 902. The molecule has 0 unspecified atom stereocenters. The molecule has 0 bridgehead atoms. The molecule has 1 saturated heterocycles. The number of piperidine rings is 1. The van der Waals surface area contributed by atoms with Crippen LogP contribution in [-0.2, 0) is 11.2 Å². The highest BCUT2D eigenvalue weighted by atomic mass is 19.1. The van der Waals surface area contributed by atoms with E-state index >= 15 is 0 Å². The second-order valence-electron chi connectivity index (χ2n) is 9.30. The molecule has 2 fully saturated rings. The van der Waals surface area contributed by atoms with Gasteiger partial charge in [-0.1, -0.05) is 18.2 Å². The molecule has 2 aliphatic rings. The number of rotatable bonds is 7. The molecule has 1 amide bonds. The van der Waals surface area contributed by atoms with Gasteiger partial charge >= 0.3 is 0 Å². The second kappa shape index (κ2) is 11.0. The Balaban J connectivity index is 1.43. The second-order valence-corrected chi connectivity index (χ2v) is 9.30. The fraction of sp³-hybridized carbons (Fsp3) is 0.519. The Kier molecular flexibility index (Phi) is 7.80. The molecule has 0 atom stereocenters. The molecular formula is C27H35FN2O2. The number of carbonyl (C=O) groups is 1. The first-order valence-electron chi connectivity index (χ1n) is 12.1. The Morgan fingerprint density at radius 2 is 1.78 bits per heavy atom. The monoisotopic (exact) mass is 438 g/mol.